The van der Waals surface area contributed by atoms with Crippen LogP contribution in [-0.2, 0) is 11.3 Å². The molecule has 0 bridgehead atoms. The Hall–Kier alpha value is -3.42. The van der Waals surface area contributed by atoms with Crippen LogP contribution in [0.25, 0.3) is 0 Å². The molecule has 3 heterocycles. The fraction of sp³-hybridized carbons (Fsp3) is 0.176. The topological polar surface area (TPSA) is 102 Å². The van der Waals surface area contributed by atoms with Crippen LogP contribution in [0.4, 0.5) is 5.82 Å². The van der Waals surface area contributed by atoms with Gasteiger partial charge in [-0.3, -0.25) is 19.3 Å². The fourth-order valence-electron chi connectivity index (χ4n) is 2.17. The van der Waals surface area contributed by atoms with Crippen molar-refractivity contribution in [3.8, 4) is 0 Å². The van der Waals surface area contributed by atoms with Gasteiger partial charge in [0.25, 0.3) is 5.91 Å². The number of anilines is 1. The third-order valence-electron chi connectivity index (χ3n) is 3.48. The Morgan fingerprint density at radius 1 is 1.32 bits per heavy atom. The number of aromatic nitrogens is 3. The number of rotatable bonds is 6. The van der Waals surface area contributed by atoms with Gasteiger partial charge < -0.3 is 15.1 Å². The van der Waals surface area contributed by atoms with Gasteiger partial charge in [0, 0.05) is 24.7 Å². The molecule has 0 saturated carbocycles. The van der Waals surface area contributed by atoms with E-state index in [4.69, 9.17) is 4.42 Å². The van der Waals surface area contributed by atoms with Crippen molar-refractivity contribution < 1.29 is 14.0 Å². The molecule has 3 aromatic heterocycles. The van der Waals surface area contributed by atoms with Crippen LogP contribution in [0.1, 0.15) is 22.8 Å². The fourth-order valence-corrected chi connectivity index (χ4v) is 2.17. The minimum absolute atomic E-state index is 0.358. The minimum atomic E-state index is -0.717. The molecule has 1 atom stereocenters. The van der Waals surface area contributed by atoms with Crippen LogP contribution in [0.15, 0.2) is 59.8 Å². The van der Waals surface area contributed by atoms with Crippen molar-refractivity contribution in [2.75, 3.05) is 5.32 Å². The summed E-state index contributed by atoms with van der Waals surface area (Å²) in [6.07, 6.45) is 7.94. The predicted molar refractivity (Wildman–Crippen MR) is 89.8 cm³/mol. The highest BCUT2D eigenvalue weighted by molar-refractivity contribution is 6.00. The number of amides is 2. The van der Waals surface area contributed by atoms with Crippen LogP contribution < -0.4 is 10.6 Å². The summed E-state index contributed by atoms with van der Waals surface area (Å²) in [5, 5.41) is 9.56. The minimum Gasteiger partial charge on any atom is -0.472 e. The second kappa shape index (κ2) is 7.43. The van der Waals surface area contributed by atoms with Crippen molar-refractivity contribution >= 4 is 17.6 Å². The third kappa shape index (κ3) is 4.31. The molecular weight excluding hydrogens is 322 g/mol. The largest absolute Gasteiger partial charge is 0.472 e. The maximum Gasteiger partial charge on any atom is 0.255 e. The number of pyridine rings is 1. The summed E-state index contributed by atoms with van der Waals surface area (Å²) in [6.45, 7) is 2.15. The van der Waals surface area contributed by atoms with Gasteiger partial charge in [0.1, 0.15) is 12.3 Å². The second-order valence-electron chi connectivity index (χ2n) is 5.46. The highest BCUT2D eigenvalue weighted by Gasteiger charge is 2.18. The molecule has 0 saturated heterocycles. The molecule has 0 aliphatic heterocycles. The van der Waals surface area contributed by atoms with Crippen molar-refractivity contribution in [2.45, 2.75) is 19.5 Å². The lowest BCUT2D eigenvalue weighted by Gasteiger charge is -2.12. The van der Waals surface area contributed by atoms with Gasteiger partial charge in [-0.2, -0.15) is 5.10 Å². The Kier molecular flexibility index (Phi) is 4.89. The van der Waals surface area contributed by atoms with Gasteiger partial charge in [-0.15, -0.1) is 0 Å². The molecular formula is C17H17N5O3. The van der Waals surface area contributed by atoms with Crippen LogP contribution in [-0.4, -0.2) is 32.6 Å². The quantitative estimate of drug-likeness (QED) is 0.711. The normalized spacial score (nSPS) is 11.7. The summed E-state index contributed by atoms with van der Waals surface area (Å²) in [5.74, 6) is -0.319. The van der Waals surface area contributed by atoms with Gasteiger partial charge in [-0.05, 0) is 24.6 Å². The molecule has 8 heteroatoms. The van der Waals surface area contributed by atoms with Gasteiger partial charge in [0.15, 0.2) is 5.82 Å². The molecule has 8 nitrogen and oxygen atoms in total. The number of carbonyl (C=O) groups is 2. The van der Waals surface area contributed by atoms with Gasteiger partial charge in [-0.25, -0.2) is 0 Å². The molecule has 3 rings (SSSR count). The smallest absolute Gasteiger partial charge is 0.255 e. The average Bonchev–Trinajstić information content (AvgIpc) is 3.28. The molecule has 25 heavy (non-hydrogen) atoms. The Bertz CT molecular complexity index is 842. The van der Waals surface area contributed by atoms with E-state index in [-0.39, 0.29) is 11.8 Å². The van der Waals surface area contributed by atoms with Crippen molar-refractivity contribution in [3.63, 3.8) is 0 Å². The standard InChI is InChI=1S/C17H17N5O3/c1-12(19-17(24)14-5-8-25-11-14)16(23)20-15-4-7-22(21-15)10-13-3-2-6-18-9-13/h2-9,11-12H,10H2,1H3,(H,19,24)(H,20,21,23)/t12-/m1/s1. The summed E-state index contributed by atoms with van der Waals surface area (Å²) >= 11 is 0. The highest BCUT2D eigenvalue weighted by Crippen LogP contribution is 2.07. The number of nitrogens with zero attached hydrogens (tertiary/aromatic N) is 3. The summed E-state index contributed by atoms with van der Waals surface area (Å²) in [4.78, 5) is 28.1. The first kappa shape index (κ1) is 16.4. The Labute approximate surface area is 143 Å². The van der Waals surface area contributed by atoms with E-state index in [1.165, 1.54) is 18.6 Å². The zero-order chi connectivity index (χ0) is 17.6. The van der Waals surface area contributed by atoms with Crippen LogP contribution in [0.3, 0.4) is 0 Å². The lowest BCUT2D eigenvalue weighted by atomic mass is 10.2. The van der Waals surface area contributed by atoms with Crippen molar-refractivity contribution in [1.82, 2.24) is 20.1 Å². The summed E-state index contributed by atoms with van der Waals surface area (Å²) < 4.78 is 6.54. The third-order valence-corrected chi connectivity index (χ3v) is 3.48. The molecule has 0 spiro atoms. The Morgan fingerprint density at radius 2 is 2.20 bits per heavy atom. The second-order valence-corrected chi connectivity index (χ2v) is 5.46. The first-order chi connectivity index (χ1) is 12.1. The van der Waals surface area contributed by atoms with E-state index in [1.54, 1.807) is 36.3 Å². The van der Waals surface area contributed by atoms with Crippen LogP contribution >= 0.6 is 0 Å². The zero-order valence-corrected chi connectivity index (χ0v) is 13.5. The summed E-state index contributed by atoms with van der Waals surface area (Å²) in [7, 11) is 0. The van der Waals surface area contributed by atoms with E-state index in [1.807, 2.05) is 12.1 Å². The predicted octanol–water partition coefficient (Wildman–Crippen LogP) is 1.68. The first-order valence-electron chi connectivity index (χ1n) is 7.68. The Balaban J connectivity index is 1.55. The SMILES string of the molecule is C[C@@H](NC(=O)c1ccoc1)C(=O)Nc1ccn(Cc2cccnc2)n1. The van der Waals surface area contributed by atoms with Gasteiger partial charge >= 0.3 is 0 Å². The van der Waals surface area contributed by atoms with Crippen molar-refractivity contribution in [1.29, 1.82) is 0 Å². The molecule has 128 valence electrons. The van der Waals surface area contributed by atoms with Gasteiger partial charge in [0.05, 0.1) is 18.4 Å². The number of hydrogen-bond donors (Lipinski definition) is 2. The molecule has 3 aromatic rings. The lowest BCUT2D eigenvalue weighted by molar-refractivity contribution is -0.117. The van der Waals surface area contributed by atoms with E-state index in [0.717, 1.165) is 5.56 Å². The molecule has 0 aliphatic rings. The van der Waals surface area contributed by atoms with Crippen LogP contribution in [0, 0.1) is 0 Å². The molecule has 0 aliphatic carbocycles. The van der Waals surface area contributed by atoms with Crippen molar-refractivity contribution in [3.05, 3.63) is 66.5 Å². The molecule has 2 N–H and O–H groups in total. The number of nitrogens with one attached hydrogen (secondary N) is 2. The highest BCUT2D eigenvalue weighted by atomic mass is 16.3. The lowest BCUT2D eigenvalue weighted by Crippen LogP contribution is -2.41. The molecule has 0 fully saturated rings. The van der Waals surface area contributed by atoms with E-state index < -0.39 is 6.04 Å². The van der Waals surface area contributed by atoms with Crippen LogP contribution in [0.5, 0.6) is 0 Å². The van der Waals surface area contributed by atoms with E-state index in [2.05, 4.69) is 20.7 Å². The molecule has 0 radical (unpaired) electrons. The Morgan fingerprint density at radius 3 is 2.92 bits per heavy atom. The van der Waals surface area contributed by atoms with Crippen molar-refractivity contribution in [2.24, 2.45) is 0 Å². The number of furan rings is 1. The molecule has 0 unspecified atom stereocenters. The zero-order valence-electron chi connectivity index (χ0n) is 13.5. The van der Waals surface area contributed by atoms with Crippen LogP contribution in [0.2, 0.25) is 0 Å². The van der Waals surface area contributed by atoms with Gasteiger partial charge in [0.2, 0.25) is 5.91 Å². The van der Waals surface area contributed by atoms with Gasteiger partial charge in [-0.1, -0.05) is 6.07 Å². The van der Waals surface area contributed by atoms with E-state index in [9.17, 15) is 9.59 Å². The number of carbonyl (C=O) groups excluding carboxylic acids is 2. The molecule has 0 aromatic carbocycles. The monoisotopic (exact) mass is 339 g/mol. The maximum absolute atomic E-state index is 12.2. The van der Waals surface area contributed by atoms with E-state index >= 15 is 0 Å². The first-order valence-corrected chi connectivity index (χ1v) is 7.68. The maximum atomic E-state index is 12.2. The number of hydrogen-bond acceptors (Lipinski definition) is 5. The van der Waals surface area contributed by atoms with E-state index in [0.29, 0.717) is 17.9 Å². The summed E-state index contributed by atoms with van der Waals surface area (Å²) in [6, 6.07) is 6.30. The summed E-state index contributed by atoms with van der Waals surface area (Å²) in [5.41, 5.74) is 1.37. The average molecular weight is 339 g/mol. The molecule has 2 amide bonds.